The first-order chi connectivity index (χ1) is 10.9. The van der Waals surface area contributed by atoms with E-state index < -0.39 is 6.36 Å². The van der Waals surface area contributed by atoms with Crippen LogP contribution in [0.2, 0.25) is 0 Å². The third-order valence-corrected chi connectivity index (χ3v) is 5.08. The average molecular weight is 327 g/mol. The van der Waals surface area contributed by atoms with Crippen LogP contribution in [0.5, 0.6) is 5.75 Å². The third-order valence-electron chi connectivity index (χ3n) is 5.08. The number of hydrogen-bond acceptors (Lipinski definition) is 3. The smallest absolute Gasteiger partial charge is 0.406 e. The number of carbonyl (C=O) groups excluding carboxylic acids is 1. The summed E-state index contributed by atoms with van der Waals surface area (Å²) < 4.78 is 45.9. The summed E-state index contributed by atoms with van der Waals surface area (Å²) in [5, 5.41) is 0. The molecule has 1 aromatic rings. The van der Waals surface area contributed by atoms with Crippen LogP contribution in [0.1, 0.15) is 25.7 Å². The topological polar surface area (TPSA) is 42.1 Å². The van der Waals surface area contributed by atoms with Crippen LogP contribution in [0, 0.1) is 5.41 Å². The highest BCUT2D eigenvalue weighted by Crippen LogP contribution is 2.52. The number of anilines is 1. The van der Waals surface area contributed by atoms with E-state index in [1.54, 1.807) is 4.90 Å². The zero-order valence-electron chi connectivity index (χ0n) is 12.3. The molecule has 3 aliphatic rings. The highest BCUT2D eigenvalue weighted by atomic mass is 19.4. The number of benzene rings is 1. The van der Waals surface area contributed by atoms with E-state index in [2.05, 4.69) is 4.74 Å². The second-order valence-corrected chi connectivity index (χ2v) is 6.48. The normalized spacial score (nSPS) is 33.0. The van der Waals surface area contributed by atoms with Crippen molar-refractivity contribution in [2.24, 2.45) is 5.41 Å². The van der Waals surface area contributed by atoms with Gasteiger partial charge in [0.1, 0.15) is 5.75 Å². The quantitative estimate of drug-likeness (QED) is 0.783. The lowest BCUT2D eigenvalue weighted by Crippen LogP contribution is -2.38. The number of rotatable bonds is 2. The number of nitrogens with zero attached hydrogens (tertiary/aromatic N) is 1. The Balaban J connectivity index is 1.49. The van der Waals surface area contributed by atoms with Crippen LogP contribution in [0.25, 0.3) is 0 Å². The van der Waals surface area contributed by atoms with Crippen molar-refractivity contribution in [1.29, 1.82) is 0 Å². The Morgan fingerprint density at radius 1 is 1.17 bits per heavy atom. The molecule has 0 aromatic heterocycles. The second-order valence-electron chi connectivity index (χ2n) is 6.48. The summed E-state index contributed by atoms with van der Waals surface area (Å²) in [6, 6.07) is 5.47. The molecule has 4 nitrogen and oxygen atoms in total. The summed E-state index contributed by atoms with van der Waals surface area (Å²) in [6.07, 6.45) is -0.864. The molecule has 3 unspecified atom stereocenters. The van der Waals surface area contributed by atoms with E-state index in [0.717, 1.165) is 25.7 Å². The van der Waals surface area contributed by atoms with Crippen molar-refractivity contribution in [2.75, 3.05) is 11.4 Å². The van der Waals surface area contributed by atoms with Crippen LogP contribution in [0.4, 0.5) is 18.9 Å². The van der Waals surface area contributed by atoms with Gasteiger partial charge in [-0.05, 0) is 49.9 Å². The monoisotopic (exact) mass is 327 g/mol. The van der Waals surface area contributed by atoms with Gasteiger partial charge in [-0.3, -0.25) is 4.79 Å². The molecule has 3 atom stereocenters. The highest BCUT2D eigenvalue weighted by molar-refractivity contribution is 6.00. The number of alkyl halides is 3. The predicted molar refractivity (Wildman–Crippen MR) is 75.0 cm³/mol. The zero-order chi connectivity index (χ0) is 16.2. The number of fused-ring (bicyclic) bond motifs is 1. The molecule has 23 heavy (non-hydrogen) atoms. The van der Waals surface area contributed by atoms with Gasteiger partial charge >= 0.3 is 6.36 Å². The van der Waals surface area contributed by atoms with Crippen LogP contribution in [-0.4, -0.2) is 31.0 Å². The molecule has 1 spiro atoms. The number of amides is 1. The molecule has 1 aromatic carbocycles. The zero-order valence-corrected chi connectivity index (χ0v) is 12.3. The summed E-state index contributed by atoms with van der Waals surface area (Å²) >= 11 is 0. The lowest BCUT2D eigenvalue weighted by atomic mass is 9.73. The fourth-order valence-electron chi connectivity index (χ4n) is 3.83. The molecule has 1 saturated carbocycles. The fourth-order valence-corrected chi connectivity index (χ4v) is 3.83. The van der Waals surface area contributed by atoms with Crippen LogP contribution >= 0.6 is 0 Å². The van der Waals surface area contributed by atoms with E-state index in [4.69, 9.17) is 4.74 Å². The Kier molecular flexibility index (Phi) is 3.13. The lowest BCUT2D eigenvalue weighted by molar-refractivity contribution is -0.274. The summed E-state index contributed by atoms with van der Waals surface area (Å²) in [6.45, 7) is 0.593. The molecule has 4 rings (SSSR count). The minimum Gasteiger partial charge on any atom is -0.406 e. The van der Waals surface area contributed by atoms with Crippen molar-refractivity contribution in [3.63, 3.8) is 0 Å². The van der Waals surface area contributed by atoms with Crippen molar-refractivity contribution in [1.82, 2.24) is 0 Å². The van der Waals surface area contributed by atoms with Gasteiger partial charge in [0.05, 0.1) is 17.6 Å². The molecule has 1 amide bonds. The second kappa shape index (κ2) is 4.87. The first-order valence-electron chi connectivity index (χ1n) is 7.70. The van der Waals surface area contributed by atoms with E-state index in [1.807, 2.05) is 0 Å². The molecule has 3 fully saturated rings. The molecule has 0 N–H and O–H groups in total. The Labute approximate surface area is 131 Å². The molecule has 0 radical (unpaired) electrons. The first kappa shape index (κ1) is 14.8. The van der Waals surface area contributed by atoms with Gasteiger partial charge in [-0.15, -0.1) is 13.2 Å². The van der Waals surface area contributed by atoms with E-state index in [1.165, 1.54) is 24.3 Å². The van der Waals surface area contributed by atoms with Crippen molar-refractivity contribution < 1.29 is 27.4 Å². The number of epoxide rings is 1. The Morgan fingerprint density at radius 2 is 1.91 bits per heavy atom. The molecule has 0 bridgehead atoms. The maximum Gasteiger partial charge on any atom is 0.573 e. The number of ether oxygens (including phenoxy) is 2. The first-order valence-corrected chi connectivity index (χ1v) is 7.70. The van der Waals surface area contributed by atoms with Crippen LogP contribution in [0.3, 0.4) is 0 Å². The molecule has 2 aliphatic heterocycles. The number of hydrogen-bond donors (Lipinski definition) is 0. The molecule has 7 heteroatoms. The van der Waals surface area contributed by atoms with Gasteiger partial charge in [-0.25, -0.2) is 0 Å². The Hall–Kier alpha value is -1.76. The van der Waals surface area contributed by atoms with E-state index in [9.17, 15) is 18.0 Å². The van der Waals surface area contributed by atoms with Gasteiger partial charge in [0.25, 0.3) is 0 Å². The minimum atomic E-state index is -4.71. The number of halogens is 3. The predicted octanol–water partition coefficient (Wildman–Crippen LogP) is 3.26. The standard InChI is InChI=1S/C16H16F3NO3/c17-16(18,19)23-11-3-1-10(2-4-11)20-8-7-15(14(20)21)6-5-12-13(9-15)22-12/h1-4,12-13H,5-9H2. The van der Waals surface area contributed by atoms with E-state index >= 15 is 0 Å². The third kappa shape index (κ3) is 2.67. The van der Waals surface area contributed by atoms with Crippen LogP contribution < -0.4 is 9.64 Å². The van der Waals surface area contributed by atoms with Gasteiger partial charge in [0, 0.05) is 12.2 Å². The van der Waals surface area contributed by atoms with Gasteiger partial charge < -0.3 is 14.4 Å². The van der Waals surface area contributed by atoms with Gasteiger partial charge in [0.15, 0.2) is 0 Å². The van der Waals surface area contributed by atoms with Crippen molar-refractivity contribution in [2.45, 2.75) is 44.3 Å². The van der Waals surface area contributed by atoms with Gasteiger partial charge in [0.2, 0.25) is 5.91 Å². The maximum atomic E-state index is 12.8. The van der Waals surface area contributed by atoms with Crippen LogP contribution in [0.15, 0.2) is 24.3 Å². The molecule has 2 heterocycles. The summed E-state index contributed by atoms with van der Waals surface area (Å²) in [5.74, 6) is -0.217. The molecule has 1 aliphatic carbocycles. The van der Waals surface area contributed by atoms with Crippen molar-refractivity contribution >= 4 is 11.6 Å². The summed E-state index contributed by atoms with van der Waals surface area (Å²) in [5.41, 5.74) is 0.263. The molecule has 124 valence electrons. The highest BCUT2D eigenvalue weighted by Gasteiger charge is 2.57. The summed E-state index contributed by atoms with van der Waals surface area (Å²) in [7, 11) is 0. The minimum absolute atomic E-state index is 0.0657. The van der Waals surface area contributed by atoms with Gasteiger partial charge in [-0.1, -0.05) is 0 Å². The maximum absolute atomic E-state index is 12.8. The average Bonchev–Trinajstić information content (AvgIpc) is 3.18. The summed E-state index contributed by atoms with van der Waals surface area (Å²) in [4.78, 5) is 14.5. The van der Waals surface area contributed by atoms with E-state index in [-0.39, 0.29) is 23.2 Å². The number of carbonyl (C=O) groups is 1. The van der Waals surface area contributed by atoms with Crippen molar-refractivity contribution in [3.8, 4) is 5.75 Å². The largest absolute Gasteiger partial charge is 0.573 e. The lowest BCUT2D eigenvalue weighted by Gasteiger charge is -2.29. The van der Waals surface area contributed by atoms with E-state index in [0.29, 0.717) is 18.3 Å². The fraction of sp³-hybridized carbons (Fsp3) is 0.562. The van der Waals surface area contributed by atoms with Crippen molar-refractivity contribution in [3.05, 3.63) is 24.3 Å². The van der Waals surface area contributed by atoms with Crippen LogP contribution in [-0.2, 0) is 9.53 Å². The SMILES string of the molecule is O=C1N(c2ccc(OC(F)(F)F)cc2)CCC12CCC1OC1C2. The molecular formula is C16H16F3NO3. The Morgan fingerprint density at radius 3 is 2.57 bits per heavy atom. The molecular weight excluding hydrogens is 311 g/mol. The van der Waals surface area contributed by atoms with Gasteiger partial charge in [-0.2, -0.15) is 0 Å². The Bertz CT molecular complexity index is 630. The molecule has 2 saturated heterocycles.